The van der Waals surface area contributed by atoms with Crippen molar-refractivity contribution in [2.45, 2.75) is 32.8 Å². The lowest BCUT2D eigenvalue weighted by Gasteiger charge is -2.38. The molecule has 3 rings (SSSR count). The van der Waals surface area contributed by atoms with E-state index in [0.29, 0.717) is 5.56 Å². The smallest absolute Gasteiger partial charge is 0.312 e. The molecule has 1 spiro atoms. The van der Waals surface area contributed by atoms with Crippen molar-refractivity contribution < 1.29 is 61.9 Å². The van der Waals surface area contributed by atoms with E-state index >= 15 is 0 Å². The minimum Gasteiger partial charge on any atom is -0.493 e. The summed E-state index contributed by atoms with van der Waals surface area (Å²) in [6.07, 6.45) is 1.97. The molecule has 1 saturated carbocycles. The largest absolute Gasteiger partial charge is 0.493 e. The van der Waals surface area contributed by atoms with Crippen LogP contribution in [-0.2, 0) is 47.7 Å². The third-order valence-electron chi connectivity index (χ3n) is 7.04. The first-order valence-electron chi connectivity index (χ1n) is 13.0. The maximum absolute atomic E-state index is 13.4. The maximum atomic E-state index is 13.4. The Labute approximate surface area is 250 Å². The van der Waals surface area contributed by atoms with Crippen molar-refractivity contribution in [2.75, 3.05) is 49.8 Å². The van der Waals surface area contributed by atoms with Gasteiger partial charge in [0.25, 0.3) is 5.78 Å². The van der Waals surface area contributed by atoms with Gasteiger partial charge in [0, 0.05) is 25.4 Å². The lowest BCUT2D eigenvalue weighted by molar-refractivity contribution is -0.160. The number of hydrogen-bond donors (Lipinski definition) is 0. The average Bonchev–Trinajstić information content (AvgIpc) is 3.25. The van der Waals surface area contributed by atoms with Crippen LogP contribution in [0.15, 0.2) is 35.8 Å². The molecule has 13 heteroatoms. The van der Waals surface area contributed by atoms with E-state index in [2.05, 4.69) is 0 Å². The number of hydrogen-bond acceptors (Lipinski definition) is 13. The topological polar surface area (TPSA) is 159 Å². The second kappa shape index (κ2) is 14.7. The van der Waals surface area contributed by atoms with Gasteiger partial charge in [0.1, 0.15) is 5.78 Å². The molecule has 2 aliphatic carbocycles. The number of carbonyl (C=O) groups excluding carboxylic acids is 5. The molecule has 0 aliphatic heterocycles. The van der Waals surface area contributed by atoms with Crippen LogP contribution in [-0.4, -0.2) is 85.3 Å². The zero-order valence-corrected chi connectivity index (χ0v) is 25.9. The molecule has 13 nitrogen and oxygen atoms in total. The molecule has 236 valence electrons. The molecular weight excluding hydrogens is 568 g/mol. The summed E-state index contributed by atoms with van der Waals surface area (Å²) in [6.45, 7) is 4.28. The van der Waals surface area contributed by atoms with E-state index in [1.165, 1.54) is 82.7 Å². The van der Waals surface area contributed by atoms with E-state index in [1.807, 2.05) is 0 Å². The van der Waals surface area contributed by atoms with Gasteiger partial charge in [0.2, 0.25) is 5.75 Å². The van der Waals surface area contributed by atoms with Crippen molar-refractivity contribution in [1.82, 2.24) is 0 Å². The van der Waals surface area contributed by atoms with Crippen molar-refractivity contribution in [3.63, 3.8) is 0 Å². The Bertz CT molecular complexity index is 1260. The third kappa shape index (κ3) is 6.82. The van der Waals surface area contributed by atoms with Crippen LogP contribution in [0.3, 0.4) is 0 Å². The molecule has 43 heavy (non-hydrogen) atoms. The number of benzene rings is 1. The highest BCUT2D eigenvalue weighted by Crippen LogP contribution is 2.62. The third-order valence-corrected chi connectivity index (χ3v) is 7.04. The van der Waals surface area contributed by atoms with Gasteiger partial charge in [0.15, 0.2) is 23.0 Å². The van der Waals surface area contributed by atoms with E-state index < -0.39 is 53.0 Å². The molecule has 1 fully saturated rings. The molecule has 0 bridgehead atoms. The summed E-state index contributed by atoms with van der Waals surface area (Å²) >= 11 is 0. The summed E-state index contributed by atoms with van der Waals surface area (Å²) in [5.74, 6) is -5.65. The lowest BCUT2D eigenvalue weighted by atomic mass is 9.68. The summed E-state index contributed by atoms with van der Waals surface area (Å²) in [5, 5.41) is 0. The zero-order valence-electron chi connectivity index (χ0n) is 25.9. The fourth-order valence-electron chi connectivity index (χ4n) is 5.59. The van der Waals surface area contributed by atoms with Gasteiger partial charge >= 0.3 is 17.9 Å². The molecule has 2 aliphatic rings. The fourth-order valence-corrected chi connectivity index (χ4v) is 5.59. The quantitative estimate of drug-likeness (QED) is 0.298. The molecular formula is C30H38O13. The van der Waals surface area contributed by atoms with Gasteiger partial charge in [-0.1, -0.05) is 0 Å². The molecule has 0 heterocycles. The molecule has 4 atom stereocenters. The lowest BCUT2D eigenvalue weighted by Crippen LogP contribution is -2.41. The van der Waals surface area contributed by atoms with Crippen LogP contribution in [0.2, 0.25) is 0 Å². The van der Waals surface area contributed by atoms with E-state index in [0.717, 1.165) is 0 Å². The van der Waals surface area contributed by atoms with Crippen LogP contribution in [0.4, 0.5) is 0 Å². The Balaban J connectivity index is 0.00000151. The normalized spacial score (nSPS) is 21.8. The molecule has 1 aromatic carbocycles. The van der Waals surface area contributed by atoms with E-state index in [9.17, 15) is 24.0 Å². The first-order chi connectivity index (χ1) is 20.3. The number of Topliss-reactive ketones (excluding diaryl/α,β-unsaturated/α-hetero) is 2. The fraction of sp³-hybridized carbons (Fsp3) is 0.500. The molecule has 1 aromatic rings. The Morgan fingerprint density at radius 3 is 1.49 bits per heavy atom. The monoisotopic (exact) mass is 606 g/mol. The van der Waals surface area contributed by atoms with Gasteiger partial charge in [-0.2, -0.15) is 0 Å². The highest BCUT2D eigenvalue weighted by Gasteiger charge is 2.66. The second-order valence-corrected chi connectivity index (χ2v) is 9.74. The van der Waals surface area contributed by atoms with Crippen LogP contribution in [0.1, 0.15) is 32.3 Å². The number of ether oxygens (including phenoxy) is 8. The summed E-state index contributed by atoms with van der Waals surface area (Å²) < 4.78 is 43.2. The number of rotatable bonds is 9. The van der Waals surface area contributed by atoms with Crippen LogP contribution >= 0.6 is 0 Å². The Morgan fingerprint density at radius 1 is 0.698 bits per heavy atom. The molecule has 0 saturated heterocycles. The number of methoxy groups -OCH3 is 7. The SMILES string of the molecule is CC(C)=O.COC(=O)[C@H]1[C@H](C(=O)OC)[C@@H](c2cc(OC)c(OC(C)=O)c(OC)c2)C2(C=C(OC)C(=O)C(OC)=C2)[C@@H]1OC. The van der Waals surface area contributed by atoms with Crippen LogP contribution in [0.5, 0.6) is 17.2 Å². The molecule has 0 N–H and O–H groups in total. The van der Waals surface area contributed by atoms with Crippen LogP contribution < -0.4 is 14.2 Å². The van der Waals surface area contributed by atoms with Gasteiger partial charge in [0.05, 0.1) is 60.6 Å². The Kier molecular flexibility index (Phi) is 11.9. The van der Waals surface area contributed by atoms with Gasteiger partial charge in [-0.3, -0.25) is 19.2 Å². The number of esters is 3. The minimum absolute atomic E-state index is 0.0193. The van der Waals surface area contributed by atoms with Crippen LogP contribution in [0.25, 0.3) is 0 Å². The van der Waals surface area contributed by atoms with Crippen molar-refractivity contribution in [2.24, 2.45) is 17.3 Å². The van der Waals surface area contributed by atoms with Gasteiger partial charge in [-0.05, 0) is 43.7 Å². The number of carbonyl (C=O) groups is 5. The summed E-state index contributed by atoms with van der Waals surface area (Å²) in [4.78, 5) is 60.8. The molecule has 0 radical (unpaired) electrons. The Morgan fingerprint density at radius 2 is 1.14 bits per heavy atom. The summed E-state index contributed by atoms with van der Waals surface area (Å²) in [5.41, 5.74) is -0.966. The molecule has 0 unspecified atom stereocenters. The van der Waals surface area contributed by atoms with Crippen molar-refractivity contribution in [1.29, 1.82) is 0 Å². The first-order valence-corrected chi connectivity index (χ1v) is 13.0. The molecule has 0 amide bonds. The van der Waals surface area contributed by atoms with Crippen molar-refractivity contribution in [3.05, 3.63) is 41.4 Å². The highest BCUT2D eigenvalue weighted by atomic mass is 16.6. The zero-order chi connectivity index (χ0) is 32.6. The highest BCUT2D eigenvalue weighted by molar-refractivity contribution is 6.07. The summed E-state index contributed by atoms with van der Waals surface area (Å²) in [6, 6.07) is 3.10. The second-order valence-electron chi connectivity index (χ2n) is 9.74. The average molecular weight is 607 g/mol. The standard InChI is InChI=1S/C27H32O12.C3H6O/c1-13(28)39-23-15(32-2)9-14(10-16(23)33-3)21-19(25(30)37-7)20(26(31)38-8)24(36-6)27(21)11-17(34-4)22(29)18(12-27)35-5;1-3(2)4/h9-12,19-21,24H,1-8H3;1-2H3/t19-,20-,21+,24+;/m0./s1. The maximum Gasteiger partial charge on any atom is 0.312 e. The Hall–Kier alpha value is -4.39. The minimum atomic E-state index is -1.38. The van der Waals surface area contributed by atoms with Gasteiger partial charge in [-0.15, -0.1) is 0 Å². The predicted molar refractivity (Wildman–Crippen MR) is 149 cm³/mol. The van der Waals surface area contributed by atoms with E-state index in [-0.39, 0.29) is 34.6 Å². The van der Waals surface area contributed by atoms with E-state index in [1.54, 1.807) is 12.1 Å². The van der Waals surface area contributed by atoms with Crippen molar-refractivity contribution in [3.8, 4) is 17.2 Å². The predicted octanol–water partition coefficient (Wildman–Crippen LogP) is 2.54. The first kappa shape index (κ1) is 34.8. The number of ketones is 2. The van der Waals surface area contributed by atoms with Gasteiger partial charge in [-0.25, -0.2) is 0 Å². The molecule has 0 aromatic heterocycles. The van der Waals surface area contributed by atoms with E-state index in [4.69, 9.17) is 37.9 Å². The van der Waals surface area contributed by atoms with Crippen molar-refractivity contribution >= 4 is 29.5 Å². The van der Waals surface area contributed by atoms with Crippen LogP contribution in [0, 0.1) is 17.3 Å². The summed E-state index contributed by atoms with van der Waals surface area (Å²) in [7, 11) is 9.14. The van der Waals surface area contributed by atoms with Gasteiger partial charge < -0.3 is 42.7 Å².